The maximum absolute atomic E-state index is 12.1. The highest BCUT2D eigenvalue weighted by Gasteiger charge is 2.19. The van der Waals surface area contributed by atoms with Gasteiger partial charge in [0, 0.05) is 40.0 Å². The van der Waals surface area contributed by atoms with Gasteiger partial charge in [0.05, 0.1) is 5.75 Å². The van der Waals surface area contributed by atoms with Crippen LogP contribution >= 0.6 is 34.4 Å². The van der Waals surface area contributed by atoms with Crippen molar-refractivity contribution in [3.05, 3.63) is 52.2 Å². The number of nitrogens with one attached hydrogen (secondary N) is 1. The second-order valence-corrected chi connectivity index (χ2v) is 8.91. The highest BCUT2D eigenvalue weighted by molar-refractivity contribution is 7.99. The number of aryl methyl sites for hydroxylation is 1. The molecule has 0 saturated carbocycles. The van der Waals surface area contributed by atoms with Gasteiger partial charge in [-0.2, -0.15) is 0 Å². The normalized spacial score (nSPS) is 10.9. The summed E-state index contributed by atoms with van der Waals surface area (Å²) in [5.41, 5.74) is 3.40. The van der Waals surface area contributed by atoms with Gasteiger partial charge in [0.25, 0.3) is 0 Å². The third-order valence-corrected chi connectivity index (χ3v) is 6.74. The van der Waals surface area contributed by atoms with Crippen LogP contribution in [0.25, 0.3) is 22.5 Å². The number of benzene rings is 1. The van der Waals surface area contributed by atoms with E-state index < -0.39 is 0 Å². The third kappa shape index (κ3) is 3.87. The van der Waals surface area contributed by atoms with Crippen LogP contribution in [0.15, 0.2) is 52.4 Å². The molecule has 0 bridgehead atoms. The zero-order valence-corrected chi connectivity index (χ0v) is 17.7. The van der Waals surface area contributed by atoms with Gasteiger partial charge in [0.2, 0.25) is 5.91 Å². The molecule has 0 atom stereocenters. The number of thiophene rings is 1. The van der Waals surface area contributed by atoms with Crippen LogP contribution in [-0.2, 0) is 11.8 Å². The number of amides is 1. The molecule has 0 saturated heterocycles. The van der Waals surface area contributed by atoms with Gasteiger partial charge >= 0.3 is 0 Å². The number of thioether (sulfide) groups is 1. The van der Waals surface area contributed by atoms with Crippen LogP contribution in [-0.4, -0.2) is 31.4 Å². The lowest BCUT2D eigenvalue weighted by Gasteiger charge is -2.07. The predicted octanol–water partition coefficient (Wildman–Crippen LogP) is 4.71. The second-order valence-electron chi connectivity index (χ2n) is 5.99. The molecule has 142 valence electrons. The smallest absolute Gasteiger partial charge is 0.236 e. The Balaban J connectivity index is 1.54. The topological polar surface area (TPSA) is 72.7 Å². The third-order valence-electron chi connectivity index (χ3n) is 4.12. The highest BCUT2D eigenvalue weighted by atomic mass is 32.2. The maximum Gasteiger partial charge on any atom is 0.236 e. The lowest BCUT2D eigenvalue weighted by molar-refractivity contribution is -0.113. The van der Waals surface area contributed by atoms with Crippen LogP contribution in [0.2, 0.25) is 0 Å². The largest absolute Gasteiger partial charge is 0.305 e. The quantitative estimate of drug-likeness (QED) is 0.451. The molecule has 0 aliphatic carbocycles. The van der Waals surface area contributed by atoms with Crippen molar-refractivity contribution in [1.82, 2.24) is 19.7 Å². The number of hydrogen-bond acceptors (Lipinski definition) is 7. The monoisotopic (exact) mass is 427 g/mol. The summed E-state index contributed by atoms with van der Waals surface area (Å²) >= 11 is 4.45. The van der Waals surface area contributed by atoms with Gasteiger partial charge in [-0.15, -0.1) is 32.9 Å². The molecule has 0 radical (unpaired) electrons. The van der Waals surface area contributed by atoms with Crippen LogP contribution in [0.5, 0.6) is 0 Å². The number of aromatic nitrogens is 4. The average Bonchev–Trinajstić information content (AvgIpc) is 3.42. The summed E-state index contributed by atoms with van der Waals surface area (Å²) in [6.45, 7) is 2.12. The number of thiazole rings is 1. The Morgan fingerprint density at radius 3 is 2.79 bits per heavy atom. The Morgan fingerprint density at radius 2 is 2.04 bits per heavy atom. The number of rotatable bonds is 6. The predicted molar refractivity (Wildman–Crippen MR) is 116 cm³/mol. The van der Waals surface area contributed by atoms with Crippen LogP contribution in [0.3, 0.4) is 0 Å². The van der Waals surface area contributed by atoms with Gasteiger partial charge in [-0.25, -0.2) is 4.98 Å². The highest BCUT2D eigenvalue weighted by Crippen LogP contribution is 2.38. The summed E-state index contributed by atoms with van der Waals surface area (Å²) in [5.74, 6) is 0.937. The van der Waals surface area contributed by atoms with E-state index in [2.05, 4.69) is 44.9 Å². The molecular weight excluding hydrogens is 410 g/mol. The molecule has 0 aliphatic rings. The molecule has 6 nitrogen and oxygen atoms in total. The Hall–Kier alpha value is -2.49. The van der Waals surface area contributed by atoms with E-state index in [1.807, 2.05) is 35.2 Å². The molecule has 4 aromatic rings. The zero-order valence-electron chi connectivity index (χ0n) is 15.2. The van der Waals surface area contributed by atoms with E-state index in [0.29, 0.717) is 10.3 Å². The van der Waals surface area contributed by atoms with Crippen molar-refractivity contribution < 1.29 is 4.79 Å². The van der Waals surface area contributed by atoms with E-state index in [1.165, 1.54) is 33.5 Å². The zero-order chi connectivity index (χ0) is 19.5. The molecular formula is C19H17N5OS3. The summed E-state index contributed by atoms with van der Waals surface area (Å²) in [7, 11) is 1.93. The Labute approximate surface area is 174 Å². The molecule has 28 heavy (non-hydrogen) atoms. The number of hydrogen-bond donors (Lipinski definition) is 1. The van der Waals surface area contributed by atoms with Gasteiger partial charge in [-0.3, -0.25) is 4.79 Å². The summed E-state index contributed by atoms with van der Waals surface area (Å²) in [6, 6.07) is 10.3. The van der Waals surface area contributed by atoms with Crippen molar-refractivity contribution in [3.63, 3.8) is 0 Å². The Morgan fingerprint density at radius 1 is 1.21 bits per heavy atom. The van der Waals surface area contributed by atoms with Crippen LogP contribution in [0, 0.1) is 6.92 Å². The first-order valence-corrected chi connectivity index (χ1v) is 11.2. The van der Waals surface area contributed by atoms with Crippen molar-refractivity contribution in [2.75, 3.05) is 11.1 Å². The Kier molecular flexibility index (Phi) is 5.56. The van der Waals surface area contributed by atoms with Gasteiger partial charge in [0.15, 0.2) is 16.1 Å². The average molecular weight is 428 g/mol. The number of anilines is 1. The molecule has 1 aromatic carbocycles. The van der Waals surface area contributed by atoms with Crippen LogP contribution < -0.4 is 5.32 Å². The molecule has 0 spiro atoms. The molecule has 1 N–H and O–H groups in total. The van der Waals surface area contributed by atoms with E-state index in [0.717, 1.165) is 17.0 Å². The van der Waals surface area contributed by atoms with Crippen molar-refractivity contribution in [2.24, 2.45) is 7.05 Å². The van der Waals surface area contributed by atoms with Crippen molar-refractivity contribution in [2.45, 2.75) is 12.1 Å². The molecule has 0 aliphatic heterocycles. The van der Waals surface area contributed by atoms with E-state index in [9.17, 15) is 4.79 Å². The van der Waals surface area contributed by atoms with Crippen molar-refractivity contribution >= 4 is 45.5 Å². The lowest BCUT2D eigenvalue weighted by atomic mass is 10.0. The maximum atomic E-state index is 12.1. The van der Waals surface area contributed by atoms with Gasteiger partial charge in [-0.1, -0.05) is 42.1 Å². The van der Waals surface area contributed by atoms with E-state index in [-0.39, 0.29) is 11.7 Å². The molecule has 0 fully saturated rings. The fourth-order valence-electron chi connectivity index (χ4n) is 2.83. The van der Waals surface area contributed by atoms with Crippen molar-refractivity contribution in [3.8, 4) is 22.5 Å². The minimum atomic E-state index is -0.110. The summed E-state index contributed by atoms with van der Waals surface area (Å²) in [4.78, 5) is 17.4. The van der Waals surface area contributed by atoms with Crippen LogP contribution in [0.1, 0.15) is 4.88 Å². The van der Waals surface area contributed by atoms with E-state index in [1.54, 1.807) is 17.5 Å². The molecule has 3 aromatic heterocycles. The van der Waals surface area contributed by atoms with Gasteiger partial charge in [0.1, 0.15) is 0 Å². The molecule has 4 rings (SSSR count). The number of nitrogens with zero attached hydrogens (tertiary/aromatic N) is 4. The Bertz CT molecular complexity index is 1090. The van der Waals surface area contributed by atoms with Gasteiger partial charge in [-0.05, 0) is 12.5 Å². The summed E-state index contributed by atoms with van der Waals surface area (Å²) < 4.78 is 1.94. The lowest BCUT2D eigenvalue weighted by Crippen LogP contribution is -2.14. The van der Waals surface area contributed by atoms with Gasteiger partial charge < -0.3 is 9.88 Å². The molecule has 3 heterocycles. The fourth-order valence-corrected chi connectivity index (χ4v) is 4.95. The van der Waals surface area contributed by atoms with E-state index >= 15 is 0 Å². The summed E-state index contributed by atoms with van der Waals surface area (Å²) in [6.07, 6.45) is 1.66. The van der Waals surface area contributed by atoms with Crippen LogP contribution in [0.4, 0.5) is 5.13 Å². The first-order valence-electron chi connectivity index (χ1n) is 8.49. The van der Waals surface area contributed by atoms with Crippen molar-refractivity contribution in [1.29, 1.82) is 0 Å². The van der Waals surface area contributed by atoms with E-state index in [4.69, 9.17) is 0 Å². The second kappa shape index (κ2) is 8.26. The minimum Gasteiger partial charge on any atom is -0.305 e. The number of carbonyl (C=O) groups is 1. The summed E-state index contributed by atoms with van der Waals surface area (Å²) in [5, 5.41) is 16.7. The SMILES string of the molecule is Cc1scc(-c2nnc(SCC(=O)Nc3nccs3)n2C)c1-c1ccccc1. The first-order chi connectivity index (χ1) is 13.6. The molecule has 1 amide bonds. The fraction of sp³-hybridized carbons (Fsp3) is 0.158. The number of carbonyl (C=O) groups excluding carboxylic acids is 1. The minimum absolute atomic E-state index is 0.110. The molecule has 0 unspecified atom stereocenters. The first kappa shape index (κ1) is 18.9. The molecule has 9 heteroatoms. The standard InChI is InChI=1S/C19H17N5OS3/c1-12-16(13-6-4-3-5-7-13)14(10-27-12)17-22-23-19(24(17)2)28-11-15(25)21-18-20-8-9-26-18/h3-10H,11H2,1-2H3,(H,20,21,25).